The van der Waals surface area contributed by atoms with Crippen molar-refractivity contribution in [2.45, 2.75) is 19.4 Å². The number of carbonyl (C=O) groups is 1. The van der Waals surface area contributed by atoms with Crippen LogP contribution >= 0.6 is 0 Å². The molecule has 0 saturated carbocycles. The van der Waals surface area contributed by atoms with Gasteiger partial charge < -0.3 is 25.5 Å². The molecule has 10 heteroatoms. The van der Waals surface area contributed by atoms with Gasteiger partial charge in [0, 0.05) is 24.1 Å². The SMILES string of the molecule is CC1=Cc2cc(Nc3nn(C4COCCC4C#N)cc3C(N)=O)ccc2OB1O. The molecule has 0 aliphatic carbocycles. The molecule has 1 aromatic heterocycles. The summed E-state index contributed by atoms with van der Waals surface area (Å²) in [5.74, 6) is -0.00972. The van der Waals surface area contributed by atoms with Crippen molar-refractivity contribution in [3.05, 3.63) is 41.0 Å². The highest BCUT2D eigenvalue weighted by Gasteiger charge is 2.30. The van der Waals surface area contributed by atoms with Crippen LogP contribution in [0.1, 0.15) is 35.3 Å². The van der Waals surface area contributed by atoms with Crippen LogP contribution in [0.25, 0.3) is 6.08 Å². The zero-order chi connectivity index (χ0) is 20.5. The summed E-state index contributed by atoms with van der Waals surface area (Å²) in [5, 5.41) is 26.8. The van der Waals surface area contributed by atoms with Crippen molar-refractivity contribution in [1.29, 1.82) is 5.26 Å². The smallest absolute Gasteiger partial charge is 0.532 e. The van der Waals surface area contributed by atoms with Crippen LogP contribution < -0.4 is 15.7 Å². The Hall–Kier alpha value is -3.29. The topological polar surface area (TPSA) is 135 Å². The number of aromatic nitrogens is 2. The lowest BCUT2D eigenvalue weighted by atomic mass is 9.76. The number of ether oxygens (including phenoxy) is 1. The Balaban J connectivity index is 1.64. The van der Waals surface area contributed by atoms with Crippen molar-refractivity contribution in [3.63, 3.8) is 0 Å². The highest BCUT2D eigenvalue weighted by molar-refractivity contribution is 6.54. The van der Waals surface area contributed by atoms with Crippen molar-refractivity contribution in [1.82, 2.24) is 9.78 Å². The van der Waals surface area contributed by atoms with Crippen molar-refractivity contribution in [2.24, 2.45) is 11.7 Å². The number of hydrogen-bond acceptors (Lipinski definition) is 7. The standard InChI is InChI=1S/C19H20BN5O4/c1-11-6-13-7-14(2-3-17(13)29-20(11)27)23-19-15(18(22)26)9-25(24-19)16-10-28-5-4-12(16)8-21/h2-3,6-7,9,12,16,27H,4-5,10H2,1H3,(H2,22,26)(H,23,24). The summed E-state index contributed by atoms with van der Waals surface area (Å²) in [5.41, 5.74) is 7.93. The van der Waals surface area contributed by atoms with Crippen LogP contribution in [0.4, 0.5) is 11.5 Å². The maximum Gasteiger partial charge on any atom is 0.555 e. The maximum absolute atomic E-state index is 11.9. The lowest BCUT2D eigenvalue weighted by Gasteiger charge is -2.26. The van der Waals surface area contributed by atoms with E-state index >= 15 is 0 Å². The third-order valence-electron chi connectivity index (χ3n) is 5.11. The molecular weight excluding hydrogens is 373 g/mol. The molecule has 4 N–H and O–H groups in total. The lowest BCUT2D eigenvalue weighted by molar-refractivity contribution is 0.0342. The number of allylic oxidation sites excluding steroid dienone is 1. The second kappa shape index (κ2) is 7.62. The van der Waals surface area contributed by atoms with Gasteiger partial charge in [0.05, 0.1) is 24.6 Å². The zero-order valence-electron chi connectivity index (χ0n) is 15.8. The fourth-order valence-corrected chi connectivity index (χ4v) is 3.48. The quantitative estimate of drug-likeness (QED) is 0.672. The van der Waals surface area contributed by atoms with E-state index in [1.165, 1.54) is 0 Å². The molecule has 1 aromatic carbocycles. The number of rotatable bonds is 4. The minimum Gasteiger partial charge on any atom is -0.532 e. The number of nitrogens with two attached hydrogens (primary N) is 1. The second-order valence-electron chi connectivity index (χ2n) is 7.14. The number of nitriles is 1. The van der Waals surface area contributed by atoms with E-state index in [9.17, 15) is 15.1 Å². The van der Waals surface area contributed by atoms with E-state index in [-0.39, 0.29) is 17.5 Å². The molecule has 2 aromatic rings. The molecule has 9 nitrogen and oxygen atoms in total. The fraction of sp³-hybridized carbons (Fsp3) is 0.316. The summed E-state index contributed by atoms with van der Waals surface area (Å²) < 4.78 is 12.5. The van der Waals surface area contributed by atoms with Gasteiger partial charge >= 0.3 is 7.12 Å². The molecule has 1 fully saturated rings. The van der Waals surface area contributed by atoms with Gasteiger partial charge in [-0.2, -0.15) is 10.4 Å². The number of carbonyl (C=O) groups excluding carboxylic acids is 1. The lowest BCUT2D eigenvalue weighted by Crippen LogP contribution is -2.29. The summed E-state index contributed by atoms with van der Waals surface area (Å²) in [6, 6.07) is 7.31. The number of nitrogens with one attached hydrogen (secondary N) is 1. The van der Waals surface area contributed by atoms with Gasteiger partial charge in [-0.3, -0.25) is 9.48 Å². The molecule has 29 heavy (non-hydrogen) atoms. The molecule has 0 spiro atoms. The van der Waals surface area contributed by atoms with Crippen molar-refractivity contribution < 1.29 is 19.2 Å². The molecule has 2 aliphatic heterocycles. The van der Waals surface area contributed by atoms with Crippen LogP contribution in [0.2, 0.25) is 0 Å². The van der Waals surface area contributed by atoms with Crippen molar-refractivity contribution >= 4 is 30.6 Å². The van der Waals surface area contributed by atoms with Gasteiger partial charge in [0.25, 0.3) is 5.91 Å². The summed E-state index contributed by atoms with van der Waals surface area (Å²) in [4.78, 5) is 11.9. The van der Waals surface area contributed by atoms with Crippen LogP contribution in [0, 0.1) is 17.2 Å². The van der Waals surface area contributed by atoms with E-state index in [0.29, 0.717) is 42.4 Å². The Morgan fingerprint density at radius 3 is 3.10 bits per heavy atom. The van der Waals surface area contributed by atoms with E-state index in [1.54, 1.807) is 29.9 Å². The maximum atomic E-state index is 11.9. The summed E-state index contributed by atoms with van der Waals surface area (Å²) in [6.45, 7) is 2.65. The Kier molecular flexibility index (Phi) is 5.00. The third kappa shape index (κ3) is 3.70. The highest BCUT2D eigenvalue weighted by Crippen LogP contribution is 2.32. The molecule has 0 bridgehead atoms. The number of benzene rings is 1. The molecule has 0 radical (unpaired) electrons. The Labute approximate surface area is 167 Å². The predicted octanol–water partition coefficient (Wildman–Crippen LogP) is 1.64. The number of hydrogen-bond donors (Lipinski definition) is 3. The minimum absolute atomic E-state index is 0.225. The largest absolute Gasteiger partial charge is 0.555 e. The van der Waals surface area contributed by atoms with Crippen LogP contribution in [-0.4, -0.2) is 41.0 Å². The molecule has 2 atom stereocenters. The second-order valence-corrected chi connectivity index (χ2v) is 7.14. The minimum atomic E-state index is -0.954. The molecule has 4 rings (SSSR count). The normalized spacial score (nSPS) is 20.9. The van der Waals surface area contributed by atoms with Gasteiger partial charge in [0.1, 0.15) is 11.3 Å². The highest BCUT2D eigenvalue weighted by atomic mass is 16.5. The van der Waals surface area contributed by atoms with Crippen LogP contribution in [0.15, 0.2) is 29.9 Å². The van der Waals surface area contributed by atoms with E-state index in [0.717, 1.165) is 5.56 Å². The first-order valence-electron chi connectivity index (χ1n) is 9.26. The number of primary amides is 1. The Morgan fingerprint density at radius 2 is 2.34 bits per heavy atom. The fourth-order valence-electron chi connectivity index (χ4n) is 3.48. The van der Waals surface area contributed by atoms with E-state index in [1.807, 2.05) is 12.1 Å². The van der Waals surface area contributed by atoms with Gasteiger partial charge in [-0.15, -0.1) is 0 Å². The molecular formula is C19H20BN5O4. The molecule has 1 amide bonds. The molecule has 2 unspecified atom stereocenters. The average Bonchev–Trinajstić information content (AvgIpc) is 3.13. The Bertz CT molecular complexity index is 1030. The van der Waals surface area contributed by atoms with E-state index < -0.39 is 13.0 Å². The number of amides is 1. The predicted molar refractivity (Wildman–Crippen MR) is 106 cm³/mol. The first-order valence-corrected chi connectivity index (χ1v) is 9.26. The van der Waals surface area contributed by atoms with Crippen molar-refractivity contribution in [2.75, 3.05) is 18.5 Å². The molecule has 3 heterocycles. The first kappa shape index (κ1) is 19.0. The monoisotopic (exact) mass is 393 g/mol. The van der Waals surface area contributed by atoms with Gasteiger partial charge in [-0.05, 0) is 37.0 Å². The van der Waals surface area contributed by atoms with Crippen LogP contribution in [0.3, 0.4) is 0 Å². The molecule has 148 valence electrons. The zero-order valence-corrected chi connectivity index (χ0v) is 15.8. The number of nitrogens with zero attached hydrogens (tertiary/aromatic N) is 3. The molecule has 1 saturated heterocycles. The first-order chi connectivity index (χ1) is 14.0. The summed E-state index contributed by atoms with van der Waals surface area (Å²) in [7, 11) is -0.954. The Morgan fingerprint density at radius 1 is 1.52 bits per heavy atom. The third-order valence-corrected chi connectivity index (χ3v) is 5.11. The summed E-state index contributed by atoms with van der Waals surface area (Å²) in [6.07, 6.45) is 3.99. The van der Waals surface area contributed by atoms with Crippen LogP contribution in [0.5, 0.6) is 5.75 Å². The van der Waals surface area contributed by atoms with Gasteiger partial charge in [0.2, 0.25) is 0 Å². The number of anilines is 2. The molecule has 2 aliphatic rings. The van der Waals surface area contributed by atoms with E-state index in [2.05, 4.69) is 16.5 Å². The van der Waals surface area contributed by atoms with Crippen molar-refractivity contribution in [3.8, 4) is 11.8 Å². The number of fused-ring (bicyclic) bond motifs is 1. The average molecular weight is 393 g/mol. The van der Waals surface area contributed by atoms with Gasteiger partial charge in [0.15, 0.2) is 5.82 Å². The van der Waals surface area contributed by atoms with Crippen LogP contribution in [-0.2, 0) is 4.74 Å². The van der Waals surface area contributed by atoms with Gasteiger partial charge in [-0.25, -0.2) is 0 Å². The van der Waals surface area contributed by atoms with E-state index in [4.69, 9.17) is 15.1 Å². The van der Waals surface area contributed by atoms with Gasteiger partial charge in [-0.1, -0.05) is 6.08 Å². The summed E-state index contributed by atoms with van der Waals surface area (Å²) >= 11 is 0.